The average molecular weight is 793 g/mol. The first-order chi connectivity index (χ1) is 27.0. The third-order valence-corrected chi connectivity index (χ3v) is 10.2. The number of hydrogen-bond donors (Lipinski definition) is 8. The van der Waals surface area contributed by atoms with Crippen LogP contribution in [0.2, 0.25) is 0 Å². The fourth-order valence-electron chi connectivity index (χ4n) is 6.83. The third kappa shape index (κ3) is 15.2. The van der Waals surface area contributed by atoms with Gasteiger partial charge in [-0.15, -0.1) is 0 Å². The Labute approximate surface area is 336 Å². The van der Waals surface area contributed by atoms with E-state index in [4.69, 9.17) is 17.2 Å². The van der Waals surface area contributed by atoms with Crippen molar-refractivity contribution in [3.05, 3.63) is 71.8 Å². The van der Waals surface area contributed by atoms with Gasteiger partial charge < -0.3 is 48.5 Å². The van der Waals surface area contributed by atoms with Gasteiger partial charge in [-0.1, -0.05) is 88.4 Å². The van der Waals surface area contributed by atoms with Crippen molar-refractivity contribution in [2.45, 2.75) is 121 Å². The van der Waals surface area contributed by atoms with Crippen LogP contribution in [0.1, 0.15) is 83.8 Å². The van der Waals surface area contributed by atoms with Gasteiger partial charge in [0.2, 0.25) is 29.5 Å². The molecule has 0 saturated carbocycles. The van der Waals surface area contributed by atoms with E-state index in [2.05, 4.69) is 21.3 Å². The zero-order valence-electron chi connectivity index (χ0n) is 33.9. The summed E-state index contributed by atoms with van der Waals surface area (Å²) in [4.78, 5) is 82.3. The van der Waals surface area contributed by atoms with Crippen molar-refractivity contribution in [1.82, 2.24) is 26.2 Å². The van der Waals surface area contributed by atoms with Crippen molar-refractivity contribution in [3.8, 4) is 0 Å². The molecular formula is C42H64N8O7. The number of nitrogens with two attached hydrogens (primary N) is 3. The second-order valence-corrected chi connectivity index (χ2v) is 16.1. The molecule has 0 aliphatic carbocycles. The highest BCUT2D eigenvalue weighted by molar-refractivity contribution is 5.96. The molecule has 11 N–H and O–H groups in total. The number of carbonyl (C=O) groups is 6. The highest BCUT2D eigenvalue weighted by Crippen LogP contribution is 2.21. The van der Waals surface area contributed by atoms with Crippen molar-refractivity contribution in [2.75, 3.05) is 19.6 Å². The second-order valence-electron chi connectivity index (χ2n) is 16.1. The van der Waals surface area contributed by atoms with Crippen LogP contribution in [0, 0.1) is 11.8 Å². The SMILES string of the molecule is CC(C)C[C@@H](NC(=O)[C@@H](Cc1ccccc1)NC(=O)[C@H](N)Cc1ccccc1)C(=O)N[C@H](CC(C)C)C(=O)N[C@H](CCCCN)C(=O)N1CCC(N)(C(=O)O)CC1. The predicted octanol–water partition coefficient (Wildman–Crippen LogP) is 1.36. The lowest BCUT2D eigenvalue weighted by molar-refractivity contribution is -0.148. The maximum Gasteiger partial charge on any atom is 0.323 e. The molecule has 5 amide bonds. The maximum absolute atomic E-state index is 14.1. The number of likely N-dealkylation sites (tertiary alicyclic amines) is 1. The zero-order valence-corrected chi connectivity index (χ0v) is 33.9. The second kappa shape index (κ2) is 22.8. The number of unbranched alkanes of at least 4 members (excludes halogenated alkanes) is 1. The van der Waals surface area contributed by atoms with Crippen molar-refractivity contribution < 1.29 is 33.9 Å². The minimum atomic E-state index is -1.42. The van der Waals surface area contributed by atoms with E-state index in [9.17, 15) is 33.9 Å². The molecule has 2 aromatic carbocycles. The fourth-order valence-corrected chi connectivity index (χ4v) is 6.83. The number of piperidine rings is 1. The monoisotopic (exact) mass is 792 g/mol. The first-order valence-electron chi connectivity index (χ1n) is 20.1. The highest BCUT2D eigenvalue weighted by atomic mass is 16.4. The van der Waals surface area contributed by atoms with E-state index < -0.39 is 65.3 Å². The Bertz CT molecular complexity index is 1620. The molecule has 0 bridgehead atoms. The zero-order chi connectivity index (χ0) is 42.1. The van der Waals surface area contributed by atoms with Gasteiger partial charge in [-0.2, -0.15) is 0 Å². The van der Waals surface area contributed by atoms with Crippen LogP contribution in [-0.4, -0.2) is 101 Å². The number of carboxylic acids is 1. The summed E-state index contributed by atoms with van der Waals surface area (Å²) in [5.74, 6) is -3.80. The van der Waals surface area contributed by atoms with Gasteiger partial charge in [-0.3, -0.25) is 28.8 Å². The third-order valence-electron chi connectivity index (χ3n) is 10.2. The molecule has 57 heavy (non-hydrogen) atoms. The van der Waals surface area contributed by atoms with Crippen LogP contribution >= 0.6 is 0 Å². The Hall–Kier alpha value is -4.86. The number of nitrogens with zero attached hydrogens (tertiary/aromatic N) is 1. The molecule has 1 heterocycles. The first-order valence-corrected chi connectivity index (χ1v) is 20.1. The molecule has 1 saturated heterocycles. The van der Waals surface area contributed by atoms with Crippen LogP contribution < -0.4 is 38.5 Å². The number of hydrogen-bond acceptors (Lipinski definition) is 9. The maximum atomic E-state index is 14.1. The van der Waals surface area contributed by atoms with Crippen LogP contribution in [0.15, 0.2) is 60.7 Å². The summed E-state index contributed by atoms with van der Waals surface area (Å²) in [5.41, 5.74) is 18.3. The molecule has 1 aliphatic heterocycles. The van der Waals surface area contributed by atoms with Crippen LogP contribution in [0.5, 0.6) is 0 Å². The number of nitrogens with one attached hydrogen (secondary N) is 4. The van der Waals surface area contributed by atoms with Gasteiger partial charge >= 0.3 is 5.97 Å². The number of amides is 5. The lowest BCUT2D eigenvalue weighted by Gasteiger charge is -2.38. The molecule has 3 rings (SSSR count). The van der Waals surface area contributed by atoms with Crippen LogP contribution in [0.3, 0.4) is 0 Å². The van der Waals surface area contributed by atoms with Gasteiger partial charge in [-0.25, -0.2) is 0 Å². The standard InChI is InChI=1S/C42H64N8O7/c1-27(2)23-33(37(52)46-32(17-11-12-20-43)40(55)50-21-18-42(45,19-22-50)41(56)57)48-38(53)34(24-28(3)4)49-39(54)35(26-30-15-9-6-10-16-30)47-36(51)31(44)25-29-13-7-5-8-14-29/h5-10,13-16,27-28,31-35H,11-12,17-26,43-45H2,1-4H3,(H,46,52)(H,47,51)(H,48,53)(H,49,54)(H,56,57)/t31-,32-,33-,34-,35-/m1/s1. The van der Waals surface area contributed by atoms with E-state index >= 15 is 0 Å². The summed E-state index contributed by atoms with van der Waals surface area (Å²) in [6.45, 7) is 8.26. The molecule has 15 nitrogen and oxygen atoms in total. The average Bonchev–Trinajstić information content (AvgIpc) is 3.17. The normalized spacial score (nSPS) is 16.5. The number of benzene rings is 2. The van der Waals surface area contributed by atoms with Crippen molar-refractivity contribution in [2.24, 2.45) is 29.0 Å². The summed E-state index contributed by atoms with van der Waals surface area (Å²) >= 11 is 0. The van der Waals surface area contributed by atoms with E-state index in [-0.39, 0.29) is 69.4 Å². The molecule has 0 aromatic heterocycles. The van der Waals surface area contributed by atoms with Gasteiger partial charge in [0, 0.05) is 19.5 Å². The molecule has 15 heteroatoms. The van der Waals surface area contributed by atoms with Gasteiger partial charge in [0.25, 0.3) is 0 Å². The lowest BCUT2D eigenvalue weighted by Crippen LogP contribution is -2.61. The van der Waals surface area contributed by atoms with Crippen LogP contribution in [0.25, 0.3) is 0 Å². The fraction of sp³-hybridized carbons (Fsp3) is 0.571. The summed E-state index contributed by atoms with van der Waals surface area (Å²) in [6.07, 6.45) is 2.50. The molecule has 1 fully saturated rings. The Morgan fingerprint density at radius 2 is 1.11 bits per heavy atom. The van der Waals surface area contributed by atoms with E-state index in [1.807, 2.05) is 88.4 Å². The number of rotatable bonds is 22. The lowest BCUT2D eigenvalue weighted by atomic mass is 9.88. The molecule has 0 spiro atoms. The van der Waals surface area contributed by atoms with Crippen molar-refractivity contribution in [3.63, 3.8) is 0 Å². The molecule has 2 aromatic rings. The van der Waals surface area contributed by atoms with Crippen molar-refractivity contribution >= 4 is 35.5 Å². The molecule has 314 valence electrons. The molecule has 0 unspecified atom stereocenters. The molecular weight excluding hydrogens is 729 g/mol. The van der Waals surface area contributed by atoms with E-state index in [1.54, 1.807) is 0 Å². The summed E-state index contributed by atoms with van der Waals surface area (Å²) in [5, 5.41) is 20.9. The van der Waals surface area contributed by atoms with Crippen LogP contribution in [0.4, 0.5) is 0 Å². The highest BCUT2D eigenvalue weighted by Gasteiger charge is 2.40. The van der Waals surface area contributed by atoms with Gasteiger partial charge in [0.15, 0.2) is 0 Å². The van der Waals surface area contributed by atoms with E-state index in [0.717, 1.165) is 11.1 Å². The number of carbonyl (C=O) groups excluding carboxylic acids is 5. The summed E-state index contributed by atoms with van der Waals surface area (Å²) < 4.78 is 0. The quantitative estimate of drug-likeness (QED) is 0.0795. The van der Waals surface area contributed by atoms with E-state index in [0.29, 0.717) is 25.8 Å². The Morgan fingerprint density at radius 3 is 1.56 bits per heavy atom. The number of carboxylic acid groups (broad SMARTS) is 1. The molecule has 0 radical (unpaired) electrons. The van der Waals surface area contributed by atoms with E-state index in [1.165, 1.54) is 4.90 Å². The predicted molar refractivity (Wildman–Crippen MR) is 218 cm³/mol. The van der Waals surface area contributed by atoms with Crippen LogP contribution in [-0.2, 0) is 41.6 Å². The number of aliphatic carboxylic acids is 1. The minimum absolute atomic E-state index is 0.0352. The molecule has 5 atom stereocenters. The van der Waals surface area contributed by atoms with Gasteiger partial charge in [-0.05, 0) is 80.9 Å². The Kier molecular flexibility index (Phi) is 18.6. The Balaban J connectivity index is 1.79. The summed E-state index contributed by atoms with van der Waals surface area (Å²) in [7, 11) is 0. The largest absolute Gasteiger partial charge is 0.480 e. The molecule has 1 aliphatic rings. The topological polar surface area (TPSA) is 252 Å². The van der Waals surface area contributed by atoms with Gasteiger partial charge in [0.05, 0.1) is 6.04 Å². The minimum Gasteiger partial charge on any atom is -0.480 e. The Morgan fingerprint density at radius 1 is 0.667 bits per heavy atom. The van der Waals surface area contributed by atoms with Crippen molar-refractivity contribution in [1.29, 1.82) is 0 Å². The first kappa shape index (κ1) is 46.5. The smallest absolute Gasteiger partial charge is 0.323 e. The van der Waals surface area contributed by atoms with Gasteiger partial charge in [0.1, 0.15) is 29.7 Å². The summed E-state index contributed by atoms with van der Waals surface area (Å²) in [6, 6.07) is 13.5.